The van der Waals surface area contributed by atoms with E-state index in [0.29, 0.717) is 12.2 Å². The summed E-state index contributed by atoms with van der Waals surface area (Å²) < 4.78 is 0. The Hall–Kier alpha value is -3.01. The van der Waals surface area contributed by atoms with Gasteiger partial charge in [-0.25, -0.2) is 4.98 Å². The van der Waals surface area contributed by atoms with Gasteiger partial charge >= 0.3 is 0 Å². The Labute approximate surface area is 158 Å². The van der Waals surface area contributed by atoms with Crippen LogP contribution in [0.4, 0.5) is 0 Å². The van der Waals surface area contributed by atoms with Gasteiger partial charge in [0, 0.05) is 18.1 Å². The number of carbonyl (C=O) groups is 1. The molecule has 27 heavy (non-hydrogen) atoms. The number of aromatic amines is 1. The van der Waals surface area contributed by atoms with Gasteiger partial charge in [0.25, 0.3) is 5.56 Å². The number of aromatic nitrogens is 2. The normalized spacial score (nSPS) is 14.7. The van der Waals surface area contributed by atoms with E-state index in [1.807, 2.05) is 37.3 Å². The van der Waals surface area contributed by atoms with Gasteiger partial charge in [-0.3, -0.25) is 9.59 Å². The van der Waals surface area contributed by atoms with Crippen LogP contribution in [-0.2, 0) is 0 Å². The number of nitrogens with zero attached hydrogens (tertiary/aromatic N) is 1. The Kier molecular flexibility index (Phi) is 4.71. The van der Waals surface area contributed by atoms with Gasteiger partial charge in [0.1, 0.15) is 11.5 Å². The summed E-state index contributed by atoms with van der Waals surface area (Å²) >= 11 is 0. The minimum atomic E-state index is -0.311. The summed E-state index contributed by atoms with van der Waals surface area (Å²) in [5.74, 6) is 1.12. The zero-order chi connectivity index (χ0) is 18.8. The first-order valence-corrected chi connectivity index (χ1v) is 9.40. The first kappa shape index (κ1) is 17.4. The summed E-state index contributed by atoms with van der Waals surface area (Å²) in [6.45, 7) is 2.04. The average Bonchev–Trinajstić information content (AvgIpc) is 3.53. The van der Waals surface area contributed by atoms with Crippen LogP contribution in [-0.4, -0.2) is 15.8 Å². The average molecular weight is 358 g/mol. The largest absolute Gasteiger partial charge is 0.306 e. The highest BCUT2D eigenvalue weighted by atomic mass is 16.1. The van der Waals surface area contributed by atoms with E-state index in [0.717, 1.165) is 17.0 Å². The third-order valence-electron chi connectivity index (χ3n) is 5.12. The molecule has 0 bridgehead atoms. The van der Waals surface area contributed by atoms with Crippen molar-refractivity contribution in [3.8, 4) is 11.4 Å². The van der Waals surface area contributed by atoms with E-state index in [4.69, 9.17) is 0 Å². The smallest absolute Gasteiger partial charge is 0.251 e. The molecule has 4 nitrogen and oxygen atoms in total. The van der Waals surface area contributed by atoms with Crippen LogP contribution in [0, 0.1) is 0 Å². The van der Waals surface area contributed by atoms with Crippen LogP contribution in [0.15, 0.2) is 65.5 Å². The monoisotopic (exact) mass is 358 g/mol. The summed E-state index contributed by atoms with van der Waals surface area (Å²) in [5, 5.41) is 0. The standard InChI is InChI=1S/C23H22N2O2/c1-15(16-7-9-17(10-8-16)18-11-12-18)13-21(26)20-14-22(27)25-23(24-20)19-5-3-2-4-6-19/h2-10,14-15,18H,11-13H2,1H3,(H,24,25,27)/t15-/m0/s1. The van der Waals surface area contributed by atoms with Crippen molar-refractivity contribution in [3.05, 3.63) is 87.8 Å². The van der Waals surface area contributed by atoms with Gasteiger partial charge in [0.05, 0.1) is 0 Å². The Bertz CT molecular complexity index is 1000. The number of H-pyrrole nitrogens is 1. The predicted molar refractivity (Wildman–Crippen MR) is 106 cm³/mol. The molecule has 4 rings (SSSR count). The molecule has 0 aliphatic heterocycles. The van der Waals surface area contributed by atoms with E-state index in [-0.39, 0.29) is 23.0 Å². The SMILES string of the molecule is C[C@@H](CC(=O)c1cc(=O)[nH]c(-c2ccccc2)n1)c1ccc(C2CC2)cc1. The van der Waals surface area contributed by atoms with E-state index < -0.39 is 0 Å². The summed E-state index contributed by atoms with van der Waals surface area (Å²) in [7, 11) is 0. The van der Waals surface area contributed by atoms with Gasteiger partial charge in [-0.2, -0.15) is 0 Å². The Balaban J connectivity index is 1.52. The van der Waals surface area contributed by atoms with Crippen molar-refractivity contribution in [2.24, 2.45) is 0 Å². The van der Waals surface area contributed by atoms with Gasteiger partial charge in [-0.15, -0.1) is 0 Å². The molecule has 1 aliphatic carbocycles. The minimum absolute atomic E-state index is 0.0759. The molecule has 1 aromatic heterocycles. The molecule has 1 fully saturated rings. The third kappa shape index (κ3) is 4.05. The third-order valence-corrected chi connectivity index (χ3v) is 5.12. The maximum Gasteiger partial charge on any atom is 0.251 e. The Morgan fingerprint density at radius 3 is 2.48 bits per heavy atom. The Morgan fingerprint density at radius 1 is 1.11 bits per heavy atom. The lowest BCUT2D eigenvalue weighted by atomic mass is 9.93. The minimum Gasteiger partial charge on any atom is -0.306 e. The van der Waals surface area contributed by atoms with Crippen LogP contribution in [0.5, 0.6) is 0 Å². The van der Waals surface area contributed by atoms with Crippen LogP contribution in [0.3, 0.4) is 0 Å². The fraction of sp³-hybridized carbons (Fsp3) is 0.261. The molecule has 1 atom stereocenters. The van der Waals surface area contributed by atoms with Crippen molar-refractivity contribution in [1.82, 2.24) is 9.97 Å². The second-order valence-electron chi connectivity index (χ2n) is 7.31. The molecular formula is C23H22N2O2. The number of nitrogens with one attached hydrogen (secondary N) is 1. The fourth-order valence-corrected chi connectivity index (χ4v) is 3.35. The second-order valence-corrected chi connectivity index (χ2v) is 7.31. The van der Waals surface area contributed by atoms with Gasteiger partial charge in [-0.05, 0) is 35.8 Å². The number of rotatable bonds is 6. The molecule has 1 heterocycles. The molecule has 4 heteroatoms. The summed E-state index contributed by atoms with van der Waals surface area (Å²) in [6.07, 6.45) is 2.89. The highest BCUT2D eigenvalue weighted by Gasteiger charge is 2.23. The highest BCUT2D eigenvalue weighted by molar-refractivity contribution is 5.95. The van der Waals surface area contributed by atoms with E-state index in [1.54, 1.807) is 0 Å². The maximum atomic E-state index is 12.7. The summed E-state index contributed by atoms with van der Waals surface area (Å²) in [4.78, 5) is 31.8. The zero-order valence-electron chi connectivity index (χ0n) is 15.3. The van der Waals surface area contributed by atoms with Gasteiger partial charge in [0.15, 0.2) is 5.78 Å². The fourth-order valence-electron chi connectivity index (χ4n) is 3.35. The number of hydrogen-bond acceptors (Lipinski definition) is 3. The molecule has 1 N–H and O–H groups in total. The molecule has 1 saturated carbocycles. The topological polar surface area (TPSA) is 62.8 Å². The zero-order valence-corrected chi connectivity index (χ0v) is 15.3. The molecule has 136 valence electrons. The molecule has 0 spiro atoms. The highest BCUT2D eigenvalue weighted by Crippen LogP contribution is 2.40. The molecule has 3 aromatic rings. The van der Waals surface area contributed by atoms with Gasteiger partial charge in [0.2, 0.25) is 0 Å². The van der Waals surface area contributed by atoms with Crippen LogP contribution < -0.4 is 5.56 Å². The van der Waals surface area contributed by atoms with Crippen LogP contribution in [0.2, 0.25) is 0 Å². The lowest BCUT2D eigenvalue weighted by molar-refractivity contribution is 0.0970. The number of hydrogen-bond donors (Lipinski definition) is 1. The summed E-state index contributed by atoms with van der Waals surface area (Å²) in [6, 6.07) is 19.2. The van der Waals surface area contributed by atoms with Crippen molar-refractivity contribution < 1.29 is 4.79 Å². The van der Waals surface area contributed by atoms with E-state index >= 15 is 0 Å². The predicted octanol–water partition coefficient (Wildman–Crippen LogP) is 4.69. The van der Waals surface area contributed by atoms with Gasteiger partial charge < -0.3 is 4.98 Å². The molecule has 2 aromatic carbocycles. The second kappa shape index (κ2) is 7.31. The van der Waals surface area contributed by atoms with Crippen molar-refractivity contribution in [3.63, 3.8) is 0 Å². The van der Waals surface area contributed by atoms with Crippen LogP contribution >= 0.6 is 0 Å². The molecule has 0 amide bonds. The van der Waals surface area contributed by atoms with Crippen molar-refractivity contribution >= 4 is 5.78 Å². The maximum absolute atomic E-state index is 12.7. The lowest BCUT2D eigenvalue weighted by Gasteiger charge is -2.12. The van der Waals surface area contributed by atoms with Crippen molar-refractivity contribution in [2.75, 3.05) is 0 Å². The molecule has 0 unspecified atom stereocenters. The molecule has 0 saturated heterocycles. The van der Waals surface area contributed by atoms with Gasteiger partial charge in [-0.1, -0.05) is 61.5 Å². The van der Waals surface area contributed by atoms with Crippen LogP contribution in [0.25, 0.3) is 11.4 Å². The molecule has 0 radical (unpaired) electrons. The quantitative estimate of drug-likeness (QED) is 0.650. The number of benzene rings is 2. The first-order chi connectivity index (χ1) is 13.1. The number of ketones is 1. The van der Waals surface area contributed by atoms with Crippen molar-refractivity contribution in [1.29, 1.82) is 0 Å². The summed E-state index contributed by atoms with van der Waals surface area (Å²) in [5.41, 5.74) is 3.22. The molecule has 1 aliphatic rings. The number of Topliss-reactive ketones (excluding diaryl/α,β-unsaturated/α-hetero) is 1. The molecular weight excluding hydrogens is 336 g/mol. The number of carbonyl (C=O) groups excluding carboxylic acids is 1. The van der Waals surface area contributed by atoms with Crippen molar-refractivity contribution in [2.45, 2.75) is 38.0 Å². The first-order valence-electron chi connectivity index (χ1n) is 9.40. The van der Waals surface area contributed by atoms with E-state index in [1.165, 1.54) is 24.5 Å². The Morgan fingerprint density at radius 2 is 1.81 bits per heavy atom. The van der Waals surface area contributed by atoms with E-state index in [2.05, 4.69) is 34.2 Å². The lowest BCUT2D eigenvalue weighted by Crippen LogP contribution is -2.15. The van der Waals surface area contributed by atoms with E-state index in [9.17, 15) is 9.59 Å². The van der Waals surface area contributed by atoms with Crippen LogP contribution in [0.1, 0.15) is 59.6 Å².